The van der Waals surface area contributed by atoms with Crippen LogP contribution in [-0.2, 0) is 0 Å². The molecule has 0 atom stereocenters. The summed E-state index contributed by atoms with van der Waals surface area (Å²) < 4.78 is 1.86. The van der Waals surface area contributed by atoms with Crippen molar-refractivity contribution < 1.29 is 0 Å². The van der Waals surface area contributed by atoms with Gasteiger partial charge in [0.2, 0.25) is 0 Å². The summed E-state index contributed by atoms with van der Waals surface area (Å²) in [5, 5.41) is 4.76. The molecule has 0 unspecified atom stereocenters. The Morgan fingerprint density at radius 1 is 1.54 bits per heavy atom. The Hall–Kier alpha value is -0.350. The number of thioether (sulfide) groups is 1. The summed E-state index contributed by atoms with van der Waals surface area (Å²) >= 11 is 7.83. The van der Waals surface area contributed by atoms with Gasteiger partial charge in [0.1, 0.15) is 10.8 Å². The molecule has 1 aliphatic rings. The van der Waals surface area contributed by atoms with Crippen LogP contribution in [0.2, 0.25) is 5.02 Å². The molecule has 3 nitrogen and oxygen atoms in total. The fraction of sp³-hybridized carbons (Fsp3) is 0.625. The van der Waals surface area contributed by atoms with Crippen LogP contribution in [0.5, 0.6) is 0 Å². The molecule has 2 N–H and O–H groups in total. The quantitative estimate of drug-likeness (QED) is 0.785. The molecule has 2 rings (SSSR count). The molecule has 72 valence electrons. The molecule has 1 saturated heterocycles. The third-order valence-electron chi connectivity index (χ3n) is 2.32. The van der Waals surface area contributed by atoms with Gasteiger partial charge in [-0.15, -0.1) is 0 Å². The van der Waals surface area contributed by atoms with E-state index in [1.54, 1.807) is 6.20 Å². The van der Waals surface area contributed by atoms with Crippen molar-refractivity contribution in [3.63, 3.8) is 0 Å². The summed E-state index contributed by atoms with van der Waals surface area (Å²) in [5.41, 5.74) is 5.80. The van der Waals surface area contributed by atoms with Gasteiger partial charge in [0, 0.05) is 0 Å². The van der Waals surface area contributed by atoms with Gasteiger partial charge in [-0.05, 0) is 24.3 Å². The maximum absolute atomic E-state index is 5.84. The van der Waals surface area contributed by atoms with Gasteiger partial charge in [-0.25, -0.2) is 4.68 Å². The average molecular weight is 218 g/mol. The minimum absolute atomic E-state index is 0.453. The van der Waals surface area contributed by atoms with Crippen LogP contribution in [0.1, 0.15) is 18.9 Å². The second-order valence-electron chi connectivity index (χ2n) is 3.17. The van der Waals surface area contributed by atoms with Crippen molar-refractivity contribution in [3.8, 4) is 0 Å². The zero-order valence-electron chi connectivity index (χ0n) is 7.24. The molecule has 0 saturated carbocycles. The molecular formula is C8H12ClN3S. The first-order chi connectivity index (χ1) is 6.29. The number of anilines is 1. The molecule has 0 radical (unpaired) electrons. The summed E-state index contributed by atoms with van der Waals surface area (Å²) in [6.45, 7) is 0. The second-order valence-corrected chi connectivity index (χ2v) is 4.80. The summed E-state index contributed by atoms with van der Waals surface area (Å²) in [5.74, 6) is 3.00. The Bertz CT molecular complexity index is 294. The minimum Gasteiger partial charge on any atom is -0.383 e. The highest BCUT2D eigenvalue weighted by molar-refractivity contribution is 7.99. The monoisotopic (exact) mass is 217 g/mol. The fourth-order valence-corrected chi connectivity index (χ4v) is 2.78. The molecule has 0 amide bonds. The predicted octanol–water partition coefficient (Wildman–Crippen LogP) is 2.19. The Morgan fingerprint density at radius 3 is 2.77 bits per heavy atom. The SMILES string of the molecule is Nc1c(Cl)cnn1C1CCSCC1. The predicted molar refractivity (Wildman–Crippen MR) is 57.2 cm³/mol. The standard InChI is InChI=1S/C8H12ClN3S/c9-7-5-11-12(8(7)10)6-1-3-13-4-2-6/h5-6H,1-4,10H2. The number of hydrogen-bond donors (Lipinski definition) is 1. The van der Waals surface area contributed by atoms with Crippen LogP contribution in [-0.4, -0.2) is 21.3 Å². The maximum Gasteiger partial charge on any atom is 0.140 e. The van der Waals surface area contributed by atoms with Gasteiger partial charge in [0.15, 0.2) is 0 Å². The third-order valence-corrected chi connectivity index (χ3v) is 3.66. The zero-order valence-corrected chi connectivity index (χ0v) is 8.81. The Labute approximate surface area is 86.6 Å². The highest BCUT2D eigenvalue weighted by Crippen LogP contribution is 2.30. The smallest absolute Gasteiger partial charge is 0.140 e. The summed E-state index contributed by atoms with van der Waals surface area (Å²) in [7, 11) is 0. The van der Waals surface area contributed by atoms with Crippen LogP contribution >= 0.6 is 23.4 Å². The molecule has 13 heavy (non-hydrogen) atoms. The van der Waals surface area contributed by atoms with Crippen molar-refractivity contribution in [2.45, 2.75) is 18.9 Å². The molecule has 0 aliphatic carbocycles. The van der Waals surface area contributed by atoms with E-state index >= 15 is 0 Å². The van der Waals surface area contributed by atoms with E-state index < -0.39 is 0 Å². The lowest BCUT2D eigenvalue weighted by atomic mass is 10.2. The first kappa shape index (κ1) is 9.21. The lowest BCUT2D eigenvalue weighted by Crippen LogP contribution is -2.18. The highest BCUT2D eigenvalue weighted by Gasteiger charge is 2.18. The minimum atomic E-state index is 0.453. The largest absolute Gasteiger partial charge is 0.383 e. The van der Waals surface area contributed by atoms with E-state index in [1.165, 1.54) is 11.5 Å². The zero-order chi connectivity index (χ0) is 9.26. The molecule has 1 aliphatic heterocycles. The van der Waals surface area contributed by atoms with Crippen molar-refractivity contribution in [2.24, 2.45) is 0 Å². The Balaban J connectivity index is 2.18. The van der Waals surface area contributed by atoms with E-state index in [2.05, 4.69) is 5.10 Å². The van der Waals surface area contributed by atoms with E-state index in [4.69, 9.17) is 17.3 Å². The van der Waals surface area contributed by atoms with Crippen molar-refractivity contribution in [3.05, 3.63) is 11.2 Å². The normalized spacial score (nSPS) is 19.2. The number of hydrogen-bond acceptors (Lipinski definition) is 3. The van der Waals surface area contributed by atoms with Gasteiger partial charge in [0.25, 0.3) is 0 Å². The van der Waals surface area contributed by atoms with Crippen LogP contribution in [0.25, 0.3) is 0 Å². The molecule has 0 aromatic carbocycles. The van der Waals surface area contributed by atoms with Crippen molar-refractivity contribution in [1.82, 2.24) is 9.78 Å². The van der Waals surface area contributed by atoms with Crippen molar-refractivity contribution >= 4 is 29.2 Å². The lowest BCUT2D eigenvalue weighted by Gasteiger charge is -2.22. The van der Waals surface area contributed by atoms with Crippen LogP contribution in [0.15, 0.2) is 6.20 Å². The maximum atomic E-state index is 5.84. The van der Waals surface area contributed by atoms with Gasteiger partial charge >= 0.3 is 0 Å². The van der Waals surface area contributed by atoms with Crippen molar-refractivity contribution in [2.75, 3.05) is 17.2 Å². The van der Waals surface area contributed by atoms with E-state index in [1.807, 2.05) is 16.4 Å². The molecule has 1 aromatic rings. The van der Waals surface area contributed by atoms with Crippen LogP contribution in [0, 0.1) is 0 Å². The molecular weight excluding hydrogens is 206 g/mol. The molecule has 0 spiro atoms. The van der Waals surface area contributed by atoms with Crippen LogP contribution in [0.4, 0.5) is 5.82 Å². The molecule has 1 fully saturated rings. The number of nitrogens with zero attached hydrogens (tertiary/aromatic N) is 2. The van der Waals surface area contributed by atoms with E-state index in [0.717, 1.165) is 12.8 Å². The fourth-order valence-electron chi connectivity index (χ4n) is 1.57. The molecule has 0 bridgehead atoms. The van der Waals surface area contributed by atoms with Gasteiger partial charge in [-0.1, -0.05) is 11.6 Å². The first-order valence-electron chi connectivity index (χ1n) is 4.35. The topological polar surface area (TPSA) is 43.8 Å². The third kappa shape index (κ3) is 1.79. The highest BCUT2D eigenvalue weighted by atomic mass is 35.5. The molecule has 2 heterocycles. The van der Waals surface area contributed by atoms with Gasteiger partial charge < -0.3 is 5.73 Å². The average Bonchev–Trinajstić information content (AvgIpc) is 2.49. The van der Waals surface area contributed by atoms with Gasteiger partial charge in [-0.3, -0.25) is 0 Å². The summed E-state index contributed by atoms with van der Waals surface area (Å²) in [4.78, 5) is 0. The van der Waals surface area contributed by atoms with Gasteiger partial charge in [0.05, 0.1) is 12.2 Å². The molecule has 5 heteroatoms. The van der Waals surface area contributed by atoms with Gasteiger partial charge in [-0.2, -0.15) is 16.9 Å². The van der Waals surface area contributed by atoms with E-state index in [-0.39, 0.29) is 0 Å². The number of rotatable bonds is 1. The van der Waals surface area contributed by atoms with Crippen LogP contribution < -0.4 is 5.73 Å². The summed E-state index contributed by atoms with van der Waals surface area (Å²) in [6, 6.07) is 0.453. The Kier molecular flexibility index (Phi) is 2.69. The van der Waals surface area contributed by atoms with Crippen LogP contribution in [0.3, 0.4) is 0 Å². The Morgan fingerprint density at radius 2 is 2.23 bits per heavy atom. The van der Waals surface area contributed by atoms with E-state index in [9.17, 15) is 0 Å². The number of aromatic nitrogens is 2. The number of nitrogens with two attached hydrogens (primary N) is 1. The summed E-state index contributed by atoms with van der Waals surface area (Å²) in [6.07, 6.45) is 3.92. The number of halogens is 1. The first-order valence-corrected chi connectivity index (χ1v) is 5.88. The van der Waals surface area contributed by atoms with E-state index in [0.29, 0.717) is 16.9 Å². The molecule has 1 aromatic heterocycles. The second kappa shape index (κ2) is 3.80. The lowest BCUT2D eigenvalue weighted by molar-refractivity contribution is 0.433. The number of nitrogen functional groups attached to an aromatic ring is 1. The van der Waals surface area contributed by atoms with Crippen molar-refractivity contribution in [1.29, 1.82) is 0 Å².